The van der Waals surface area contributed by atoms with Crippen LogP contribution in [0.3, 0.4) is 0 Å². The second-order valence-electron chi connectivity index (χ2n) is 9.56. The fourth-order valence-corrected chi connectivity index (χ4v) is 8.83. The van der Waals surface area contributed by atoms with Crippen LogP contribution in [0.1, 0.15) is 12.0 Å². The topological polar surface area (TPSA) is 183 Å². The standard InChI is InChI=1S/C28H23N3O9S5.3Na/c32-21(33)14-30-25(36)23(43-27(30)24-26(37)31(15-22(34)35)28(41)44-24)17(16-7-2-1-3-8-16)13-20-29(11-6-12-45(38,39)40)18-9-4-5-10-19(18)42-20;;;/h1-5,7-10,13H,6,11-12,14-15H2,(H,32,33)(H,34,35)(H,38,39,40);;;/q;3*+1/p-3/b20-13?,23-17?,27-24-;;;. The van der Waals surface area contributed by atoms with Crippen molar-refractivity contribution in [1.82, 2.24) is 9.47 Å². The molecule has 3 heterocycles. The molecule has 1 saturated heterocycles. The molecular formula is C28H20N3Na3O9S5. The number of thioether (sulfide) groups is 2. The van der Waals surface area contributed by atoms with E-state index >= 15 is 0 Å². The average molecular weight is 772 g/mol. The Morgan fingerprint density at radius 3 is 2.12 bits per heavy atom. The Balaban J connectivity index is 0.00000267. The van der Waals surface area contributed by atoms with Gasteiger partial charge in [0.15, 0.2) is 0 Å². The van der Waals surface area contributed by atoms with Gasteiger partial charge in [0.25, 0.3) is 11.5 Å². The van der Waals surface area contributed by atoms with Crippen molar-refractivity contribution in [3.63, 3.8) is 0 Å². The monoisotopic (exact) mass is 771 g/mol. The molecule has 2 aliphatic rings. The van der Waals surface area contributed by atoms with E-state index in [4.69, 9.17) is 12.2 Å². The zero-order valence-corrected chi connectivity index (χ0v) is 35.9. The predicted octanol–water partition coefficient (Wildman–Crippen LogP) is -10.0. The summed E-state index contributed by atoms with van der Waals surface area (Å²) in [4.78, 5) is 53.4. The van der Waals surface area contributed by atoms with Crippen LogP contribution >= 0.6 is 47.1 Å². The van der Waals surface area contributed by atoms with Crippen molar-refractivity contribution >= 4 is 95.5 Å². The minimum atomic E-state index is -4.45. The molecule has 0 spiro atoms. The quantitative estimate of drug-likeness (QED) is 0.108. The van der Waals surface area contributed by atoms with Gasteiger partial charge in [0.1, 0.15) is 18.4 Å². The van der Waals surface area contributed by atoms with Gasteiger partial charge >= 0.3 is 88.7 Å². The fourth-order valence-electron chi connectivity index (χ4n) is 4.63. The van der Waals surface area contributed by atoms with E-state index in [9.17, 15) is 42.4 Å². The summed E-state index contributed by atoms with van der Waals surface area (Å²) in [6.07, 6.45) is 1.76. The Hall–Kier alpha value is -0.740. The molecule has 12 nitrogen and oxygen atoms in total. The van der Waals surface area contributed by atoms with Crippen molar-refractivity contribution in [2.24, 2.45) is 0 Å². The smallest absolute Gasteiger partial charge is 0.748 e. The third-order valence-corrected chi connectivity index (χ3v) is 11.2. The molecule has 5 rings (SSSR count). The van der Waals surface area contributed by atoms with Gasteiger partial charge in [0.05, 0.1) is 45.9 Å². The molecule has 3 aromatic rings. The number of thiazole rings is 1. The van der Waals surface area contributed by atoms with Crippen LogP contribution in [0.15, 0.2) is 75.4 Å². The number of benzene rings is 2. The second-order valence-corrected chi connectivity index (χ2v) is 14.8. The van der Waals surface area contributed by atoms with Gasteiger partial charge in [-0.3, -0.25) is 19.1 Å². The number of aromatic nitrogens is 1. The van der Waals surface area contributed by atoms with E-state index in [1.54, 1.807) is 36.4 Å². The largest absolute Gasteiger partial charge is 1.00 e. The van der Waals surface area contributed by atoms with Crippen molar-refractivity contribution in [2.75, 3.05) is 23.7 Å². The van der Waals surface area contributed by atoms with Gasteiger partial charge in [-0.2, -0.15) is 0 Å². The summed E-state index contributed by atoms with van der Waals surface area (Å²) in [5.41, 5.74) is 1.00. The molecule has 0 N–H and O–H groups in total. The molecule has 0 saturated carbocycles. The number of hydrogen-bond donors (Lipinski definition) is 0. The first-order valence-electron chi connectivity index (χ1n) is 13.0. The second kappa shape index (κ2) is 18.7. The van der Waals surface area contributed by atoms with Gasteiger partial charge < -0.3 is 29.3 Å². The molecule has 0 atom stereocenters. The zero-order chi connectivity index (χ0) is 32.5. The molecule has 20 heteroatoms. The van der Waals surface area contributed by atoms with Crippen LogP contribution in [0.25, 0.3) is 10.5 Å². The molecular weight excluding hydrogens is 752 g/mol. The van der Waals surface area contributed by atoms with E-state index in [-0.39, 0.29) is 120 Å². The molecule has 1 fully saturated rings. The van der Waals surface area contributed by atoms with E-state index in [1.807, 2.05) is 29.2 Å². The van der Waals surface area contributed by atoms with Gasteiger partial charge in [-0.05, 0) is 30.2 Å². The molecule has 1 amide bonds. The molecule has 2 aliphatic heterocycles. The van der Waals surface area contributed by atoms with Crippen molar-refractivity contribution in [3.05, 3.63) is 90.8 Å². The number of carbonyl (C=O) groups is 3. The number of fused-ring (bicyclic) bond motifs is 1. The third kappa shape index (κ3) is 10.2. The molecule has 0 aliphatic carbocycles. The number of hydrogen-bond acceptors (Lipinski definition) is 14. The molecule has 0 unspecified atom stereocenters. The molecule has 0 radical (unpaired) electrons. The van der Waals surface area contributed by atoms with Gasteiger partial charge in [-0.1, -0.05) is 78.2 Å². The van der Waals surface area contributed by atoms with E-state index in [2.05, 4.69) is 0 Å². The first-order chi connectivity index (χ1) is 21.3. The van der Waals surface area contributed by atoms with Crippen molar-refractivity contribution in [1.29, 1.82) is 0 Å². The number of rotatable bonds is 10. The Morgan fingerprint density at radius 1 is 0.875 bits per heavy atom. The predicted molar refractivity (Wildman–Crippen MR) is 169 cm³/mol. The van der Waals surface area contributed by atoms with E-state index in [0.717, 1.165) is 43.1 Å². The van der Waals surface area contributed by atoms with Crippen LogP contribution in [-0.2, 0) is 31.0 Å². The molecule has 234 valence electrons. The maximum Gasteiger partial charge on any atom is 1.00 e. The maximum atomic E-state index is 13.9. The Morgan fingerprint density at radius 2 is 1.50 bits per heavy atom. The fraction of sp³-hybridized carbons (Fsp3) is 0.179. The SMILES string of the molecule is O=C([O-])CN1C(=O)/C(=c2/sc(=C(C=C3Sc4ccccc4N3CCCS(=O)(=O)[O-])c3ccccc3)c(=O)n2CC(=O)[O-])SC1=S.[Na+].[Na+].[Na+]. The maximum absolute atomic E-state index is 13.9. The number of anilines is 1. The molecule has 48 heavy (non-hydrogen) atoms. The third-order valence-electron chi connectivity index (χ3n) is 6.51. The summed E-state index contributed by atoms with van der Waals surface area (Å²) in [7, 11) is -4.45. The Bertz CT molecular complexity index is 2070. The van der Waals surface area contributed by atoms with Crippen molar-refractivity contribution < 1.29 is 126 Å². The first kappa shape index (κ1) is 43.4. The summed E-state index contributed by atoms with van der Waals surface area (Å²) < 4.78 is 34.7. The van der Waals surface area contributed by atoms with Gasteiger partial charge in [-0.15, -0.1) is 11.3 Å². The number of carboxylic acid groups (broad SMARTS) is 2. The minimum absolute atomic E-state index is 0. The number of carboxylic acids is 2. The minimum Gasteiger partial charge on any atom is -0.748 e. The van der Waals surface area contributed by atoms with Gasteiger partial charge in [0, 0.05) is 22.8 Å². The Kier molecular flexibility index (Phi) is 16.9. The van der Waals surface area contributed by atoms with Crippen molar-refractivity contribution in [3.8, 4) is 0 Å². The van der Waals surface area contributed by atoms with Crippen LogP contribution in [0.4, 0.5) is 5.69 Å². The van der Waals surface area contributed by atoms with Crippen LogP contribution in [0, 0.1) is 0 Å². The Labute approximate surface area is 359 Å². The number of thiocarbonyl (C=S) groups is 1. The number of carbonyl (C=O) groups excluding carboxylic acids is 3. The van der Waals surface area contributed by atoms with Crippen molar-refractivity contribution in [2.45, 2.75) is 17.9 Å². The summed E-state index contributed by atoms with van der Waals surface area (Å²) in [5, 5.41) is 23.6. The molecule has 1 aromatic heterocycles. The summed E-state index contributed by atoms with van der Waals surface area (Å²) in [6.45, 7) is -1.52. The van der Waals surface area contributed by atoms with Crippen LogP contribution < -0.4 is 119 Å². The number of nitrogens with zero attached hydrogens (tertiary/aromatic N) is 3. The number of amides is 1. The first-order valence-corrected chi connectivity index (χ1v) is 17.4. The van der Waals surface area contributed by atoms with Crippen LogP contribution in [-0.4, -0.2) is 63.4 Å². The van der Waals surface area contributed by atoms with E-state index in [1.165, 1.54) is 11.8 Å². The molecule has 0 bridgehead atoms. The number of aliphatic carboxylic acids is 2. The zero-order valence-electron chi connectivity index (χ0n) is 25.9. The van der Waals surface area contributed by atoms with E-state index < -0.39 is 52.4 Å². The number of allylic oxidation sites excluding steroid dienone is 1. The normalized spacial score (nSPS) is 16.6. The summed E-state index contributed by atoms with van der Waals surface area (Å²) in [6, 6.07) is 16.1. The van der Waals surface area contributed by atoms with Gasteiger partial charge in [-0.25, -0.2) is 8.42 Å². The summed E-state index contributed by atoms with van der Waals surface area (Å²) in [5.74, 6) is -4.52. The van der Waals surface area contributed by atoms with Crippen LogP contribution in [0.2, 0.25) is 0 Å². The van der Waals surface area contributed by atoms with Gasteiger partial charge in [0.2, 0.25) is 0 Å². The average Bonchev–Trinajstić information content (AvgIpc) is 3.58. The van der Waals surface area contributed by atoms with Crippen LogP contribution in [0.5, 0.6) is 0 Å². The molecule has 2 aromatic carbocycles. The number of para-hydroxylation sites is 1. The summed E-state index contributed by atoms with van der Waals surface area (Å²) >= 11 is 8.13. The van der Waals surface area contributed by atoms with E-state index in [0.29, 0.717) is 16.2 Å².